The topological polar surface area (TPSA) is 73.4 Å². The molecule has 152 valence electrons. The fourth-order valence-electron chi connectivity index (χ4n) is 4.16. The lowest BCUT2D eigenvalue weighted by Crippen LogP contribution is -2.38. The number of benzene rings is 1. The van der Waals surface area contributed by atoms with Gasteiger partial charge in [0.1, 0.15) is 5.69 Å². The van der Waals surface area contributed by atoms with Crippen LogP contribution in [0.25, 0.3) is 0 Å². The third-order valence-electron chi connectivity index (χ3n) is 5.89. The Morgan fingerprint density at radius 2 is 1.93 bits per heavy atom. The second-order valence-electron chi connectivity index (χ2n) is 8.46. The Balaban J connectivity index is 1.32. The monoisotopic (exact) mass is 392 g/mol. The molecule has 1 saturated heterocycles. The first-order valence-corrected chi connectivity index (χ1v) is 10.7. The molecular formula is C22H28N6O. The maximum Gasteiger partial charge on any atom is 0.244 e. The van der Waals surface area contributed by atoms with Gasteiger partial charge >= 0.3 is 0 Å². The van der Waals surface area contributed by atoms with Crippen LogP contribution in [0.15, 0.2) is 30.5 Å². The van der Waals surface area contributed by atoms with Crippen molar-refractivity contribution in [2.75, 3.05) is 41.7 Å². The molecule has 2 aromatic rings. The van der Waals surface area contributed by atoms with Gasteiger partial charge in [0, 0.05) is 19.6 Å². The van der Waals surface area contributed by atoms with Gasteiger partial charge in [0.05, 0.1) is 12.7 Å². The molecule has 1 aromatic carbocycles. The molecule has 1 amide bonds. The number of hydrogen-bond donors (Lipinski definition) is 2. The molecule has 2 N–H and O–H groups in total. The van der Waals surface area contributed by atoms with Crippen LogP contribution in [0.3, 0.4) is 0 Å². The van der Waals surface area contributed by atoms with Gasteiger partial charge in [0.25, 0.3) is 0 Å². The van der Waals surface area contributed by atoms with E-state index in [1.165, 1.54) is 49.9 Å². The summed E-state index contributed by atoms with van der Waals surface area (Å²) >= 11 is 0. The van der Waals surface area contributed by atoms with Gasteiger partial charge in [0.2, 0.25) is 11.9 Å². The molecule has 29 heavy (non-hydrogen) atoms. The predicted molar refractivity (Wildman–Crippen MR) is 114 cm³/mol. The maximum atomic E-state index is 12.2. The van der Waals surface area contributed by atoms with Gasteiger partial charge in [-0.3, -0.25) is 9.69 Å². The lowest BCUT2D eigenvalue weighted by Gasteiger charge is -2.30. The molecule has 2 aliphatic heterocycles. The van der Waals surface area contributed by atoms with Crippen molar-refractivity contribution >= 4 is 23.4 Å². The smallest absolute Gasteiger partial charge is 0.244 e. The number of fused-ring (bicyclic) bond motifs is 1. The molecule has 7 nitrogen and oxygen atoms in total. The van der Waals surface area contributed by atoms with Gasteiger partial charge in [-0.2, -0.15) is 4.98 Å². The highest BCUT2D eigenvalue weighted by molar-refractivity contribution is 6.00. The van der Waals surface area contributed by atoms with Crippen LogP contribution in [0.5, 0.6) is 0 Å². The van der Waals surface area contributed by atoms with Gasteiger partial charge in [-0.05, 0) is 55.8 Å². The second kappa shape index (κ2) is 7.99. The SMILES string of the molecule is O=C1CN(Cc2cccc(CN3CCCC3)c2)c2nc(NCC3CC3)ncc2N1. The summed E-state index contributed by atoms with van der Waals surface area (Å²) in [5.41, 5.74) is 3.22. The number of anilines is 3. The Morgan fingerprint density at radius 1 is 1.14 bits per heavy atom. The minimum atomic E-state index is -0.0204. The first-order chi connectivity index (χ1) is 14.2. The fourth-order valence-corrected chi connectivity index (χ4v) is 4.16. The molecule has 1 saturated carbocycles. The zero-order chi connectivity index (χ0) is 19.6. The molecule has 1 aliphatic carbocycles. The molecule has 2 fully saturated rings. The molecule has 0 atom stereocenters. The van der Waals surface area contributed by atoms with Crippen molar-refractivity contribution in [1.82, 2.24) is 14.9 Å². The average molecular weight is 393 g/mol. The van der Waals surface area contributed by atoms with Gasteiger partial charge in [0.15, 0.2) is 5.82 Å². The van der Waals surface area contributed by atoms with E-state index in [0.717, 1.165) is 24.8 Å². The summed E-state index contributed by atoms with van der Waals surface area (Å²) in [5.74, 6) is 2.17. The Bertz CT molecular complexity index is 891. The fraction of sp³-hybridized carbons (Fsp3) is 0.500. The van der Waals surface area contributed by atoms with Crippen LogP contribution in [0.1, 0.15) is 36.8 Å². The first kappa shape index (κ1) is 18.4. The molecule has 7 heteroatoms. The molecular weight excluding hydrogens is 364 g/mol. The van der Waals surface area contributed by atoms with Gasteiger partial charge in [-0.15, -0.1) is 0 Å². The summed E-state index contributed by atoms with van der Waals surface area (Å²) in [6, 6.07) is 8.71. The Labute approximate surface area is 171 Å². The van der Waals surface area contributed by atoms with E-state index >= 15 is 0 Å². The van der Waals surface area contributed by atoms with Crippen molar-refractivity contribution in [2.24, 2.45) is 5.92 Å². The molecule has 1 aromatic heterocycles. The number of hydrogen-bond acceptors (Lipinski definition) is 6. The second-order valence-corrected chi connectivity index (χ2v) is 8.46. The number of carbonyl (C=O) groups excluding carboxylic acids is 1. The zero-order valence-corrected chi connectivity index (χ0v) is 16.7. The summed E-state index contributed by atoms with van der Waals surface area (Å²) in [6.45, 7) is 5.27. The molecule has 0 bridgehead atoms. The number of likely N-dealkylation sites (tertiary alicyclic amines) is 1. The summed E-state index contributed by atoms with van der Waals surface area (Å²) in [6.07, 6.45) is 6.89. The summed E-state index contributed by atoms with van der Waals surface area (Å²) in [7, 11) is 0. The number of amides is 1. The third kappa shape index (κ3) is 4.50. The van der Waals surface area contributed by atoms with Crippen molar-refractivity contribution in [1.29, 1.82) is 0 Å². The highest BCUT2D eigenvalue weighted by Gasteiger charge is 2.26. The van der Waals surface area contributed by atoms with Gasteiger partial charge in [-0.25, -0.2) is 4.98 Å². The summed E-state index contributed by atoms with van der Waals surface area (Å²) < 4.78 is 0. The molecule has 3 aliphatic rings. The number of rotatable bonds is 7. The minimum absolute atomic E-state index is 0.0204. The molecule has 5 rings (SSSR count). The van der Waals surface area contributed by atoms with Gasteiger partial charge < -0.3 is 15.5 Å². The van der Waals surface area contributed by atoms with E-state index in [2.05, 4.69) is 44.8 Å². The summed E-state index contributed by atoms with van der Waals surface area (Å²) in [4.78, 5) is 25.8. The molecule has 0 radical (unpaired) electrons. The van der Waals surface area contributed by atoms with Crippen molar-refractivity contribution in [2.45, 2.75) is 38.8 Å². The minimum Gasteiger partial charge on any atom is -0.354 e. The van der Waals surface area contributed by atoms with Crippen LogP contribution in [0.4, 0.5) is 17.5 Å². The van der Waals surface area contributed by atoms with E-state index in [1.54, 1.807) is 6.20 Å². The van der Waals surface area contributed by atoms with E-state index < -0.39 is 0 Å². The molecule has 0 spiro atoms. The van der Waals surface area contributed by atoms with Crippen molar-refractivity contribution in [3.8, 4) is 0 Å². The summed E-state index contributed by atoms with van der Waals surface area (Å²) in [5, 5.41) is 6.23. The van der Waals surface area contributed by atoms with Crippen molar-refractivity contribution in [3.05, 3.63) is 41.6 Å². The van der Waals surface area contributed by atoms with Crippen molar-refractivity contribution < 1.29 is 4.79 Å². The van der Waals surface area contributed by atoms with E-state index in [4.69, 9.17) is 4.98 Å². The van der Waals surface area contributed by atoms with Crippen LogP contribution >= 0.6 is 0 Å². The molecule has 3 heterocycles. The number of nitrogens with one attached hydrogen (secondary N) is 2. The first-order valence-electron chi connectivity index (χ1n) is 10.7. The normalized spacial score (nSPS) is 19.2. The average Bonchev–Trinajstić information content (AvgIpc) is 3.41. The van der Waals surface area contributed by atoms with Crippen LogP contribution in [0.2, 0.25) is 0 Å². The lowest BCUT2D eigenvalue weighted by molar-refractivity contribution is -0.115. The van der Waals surface area contributed by atoms with E-state index in [0.29, 0.717) is 24.7 Å². The Morgan fingerprint density at radius 3 is 2.72 bits per heavy atom. The largest absolute Gasteiger partial charge is 0.354 e. The van der Waals surface area contributed by atoms with Crippen molar-refractivity contribution in [3.63, 3.8) is 0 Å². The van der Waals surface area contributed by atoms with E-state index in [1.807, 2.05) is 4.90 Å². The Kier molecular flexibility index (Phi) is 5.06. The van der Waals surface area contributed by atoms with Gasteiger partial charge in [-0.1, -0.05) is 24.3 Å². The quantitative estimate of drug-likeness (QED) is 0.755. The van der Waals surface area contributed by atoms with Crippen LogP contribution in [-0.4, -0.2) is 47.0 Å². The number of aromatic nitrogens is 2. The standard InChI is InChI=1S/C22H28N6O/c29-20-15-28(14-18-5-3-4-17(10-18)13-27-8-1-2-9-27)21-19(25-20)12-24-22(26-21)23-11-16-6-7-16/h3-5,10,12,16H,1-2,6-9,11,13-15H2,(H,25,29)(H,23,24,26). The highest BCUT2D eigenvalue weighted by Crippen LogP contribution is 2.31. The Hall–Kier alpha value is -2.67. The maximum absolute atomic E-state index is 12.2. The van der Waals surface area contributed by atoms with Crippen LogP contribution in [-0.2, 0) is 17.9 Å². The van der Waals surface area contributed by atoms with Crippen LogP contribution < -0.4 is 15.5 Å². The van der Waals surface area contributed by atoms with E-state index in [-0.39, 0.29) is 5.91 Å². The van der Waals surface area contributed by atoms with Crippen LogP contribution in [0, 0.1) is 5.92 Å². The van der Waals surface area contributed by atoms with E-state index in [9.17, 15) is 4.79 Å². The third-order valence-corrected chi connectivity index (χ3v) is 5.89. The number of carbonyl (C=O) groups is 1. The number of nitrogens with zero attached hydrogens (tertiary/aromatic N) is 4. The predicted octanol–water partition coefficient (Wildman–Crippen LogP) is 2.85. The zero-order valence-electron chi connectivity index (χ0n) is 16.7. The lowest BCUT2D eigenvalue weighted by atomic mass is 10.1. The molecule has 0 unspecified atom stereocenters. The highest BCUT2D eigenvalue weighted by atomic mass is 16.2.